The largest absolute Gasteiger partial charge is 0.444 e. The number of hydrogen-bond donors (Lipinski definition) is 0. The van der Waals surface area contributed by atoms with Gasteiger partial charge >= 0.3 is 6.09 Å². The van der Waals surface area contributed by atoms with Crippen LogP contribution < -0.4 is 0 Å². The first-order valence-electron chi connectivity index (χ1n) is 7.80. The Hall–Kier alpha value is -1.55. The summed E-state index contributed by atoms with van der Waals surface area (Å²) in [5.41, 5.74) is 1.28. The molecule has 0 bridgehead atoms. The van der Waals surface area contributed by atoms with Gasteiger partial charge in [-0.1, -0.05) is 29.8 Å². The first kappa shape index (κ1) is 16.8. The molecule has 22 heavy (non-hydrogen) atoms. The molecule has 1 atom stereocenters. The van der Waals surface area contributed by atoms with Crippen molar-refractivity contribution in [1.82, 2.24) is 4.90 Å². The van der Waals surface area contributed by atoms with E-state index in [1.54, 1.807) is 4.90 Å². The Kier molecular flexibility index (Phi) is 4.52. The zero-order valence-electron chi connectivity index (χ0n) is 14.5. The average molecular weight is 305 g/mol. The molecule has 0 radical (unpaired) electrons. The van der Waals surface area contributed by atoms with Crippen molar-refractivity contribution in [3.63, 3.8) is 0 Å². The Balaban J connectivity index is 2.15. The van der Waals surface area contributed by atoms with Gasteiger partial charge in [0.15, 0.2) is 0 Å². The molecule has 0 saturated carbocycles. The molecule has 122 valence electrons. The van der Waals surface area contributed by atoms with Crippen molar-refractivity contribution in [2.75, 3.05) is 6.61 Å². The fourth-order valence-electron chi connectivity index (χ4n) is 2.71. The molecule has 1 saturated heterocycles. The van der Waals surface area contributed by atoms with Crippen LogP contribution in [0.25, 0.3) is 0 Å². The van der Waals surface area contributed by atoms with Gasteiger partial charge in [0.1, 0.15) is 11.3 Å². The Morgan fingerprint density at radius 2 is 1.91 bits per heavy atom. The topological polar surface area (TPSA) is 38.8 Å². The number of benzene rings is 1. The first-order chi connectivity index (χ1) is 10.1. The summed E-state index contributed by atoms with van der Waals surface area (Å²) in [7, 11) is 0. The molecule has 0 N–H and O–H groups in total. The van der Waals surface area contributed by atoms with E-state index >= 15 is 0 Å². The maximum Gasteiger partial charge on any atom is 0.412 e. The lowest BCUT2D eigenvalue weighted by atomic mass is 10.0. The highest BCUT2D eigenvalue weighted by Gasteiger charge is 2.45. The predicted molar refractivity (Wildman–Crippen MR) is 86.8 cm³/mol. The summed E-state index contributed by atoms with van der Waals surface area (Å²) in [5.74, 6) is 0. The molecule has 1 aromatic carbocycles. The third kappa shape index (κ3) is 4.01. The zero-order chi connectivity index (χ0) is 16.5. The van der Waals surface area contributed by atoms with Crippen LogP contribution in [-0.4, -0.2) is 35.0 Å². The average Bonchev–Trinajstić information content (AvgIpc) is 2.65. The van der Waals surface area contributed by atoms with Crippen molar-refractivity contribution in [1.29, 1.82) is 0 Å². The summed E-state index contributed by atoms with van der Waals surface area (Å²) in [4.78, 5) is 14.3. The third-order valence-electron chi connectivity index (χ3n) is 3.76. The van der Waals surface area contributed by atoms with Gasteiger partial charge in [-0.15, -0.1) is 0 Å². The van der Waals surface area contributed by atoms with Gasteiger partial charge in [0.25, 0.3) is 0 Å². The lowest BCUT2D eigenvalue weighted by Crippen LogP contribution is -2.50. The van der Waals surface area contributed by atoms with Crippen molar-refractivity contribution >= 4 is 6.09 Å². The van der Waals surface area contributed by atoms with E-state index in [9.17, 15) is 4.79 Å². The molecule has 0 aliphatic carbocycles. The third-order valence-corrected chi connectivity index (χ3v) is 3.76. The van der Waals surface area contributed by atoms with E-state index in [2.05, 4.69) is 31.2 Å². The number of carbonyl (C=O) groups excluding carboxylic acids is 1. The van der Waals surface area contributed by atoms with E-state index in [-0.39, 0.29) is 12.1 Å². The molecule has 1 aliphatic rings. The molecule has 1 unspecified atom stereocenters. The molecule has 1 aromatic rings. The van der Waals surface area contributed by atoms with E-state index in [0.29, 0.717) is 6.61 Å². The van der Waals surface area contributed by atoms with Crippen LogP contribution in [0.3, 0.4) is 0 Å². The van der Waals surface area contributed by atoms with Crippen LogP contribution in [0.15, 0.2) is 24.3 Å². The normalized spacial score (nSPS) is 21.0. The number of hydrogen-bond acceptors (Lipinski definition) is 3. The number of nitrogens with zero attached hydrogens (tertiary/aromatic N) is 1. The summed E-state index contributed by atoms with van der Waals surface area (Å²) in [6, 6.07) is 8.39. The molecular weight excluding hydrogens is 278 g/mol. The second-order valence-electron chi connectivity index (χ2n) is 7.45. The summed E-state index contributed by atoms with van der Waals surface area (Å²) in [6.45, 7) is 12.0. The molecule has 0 spiro atoms. The van der Waals surface area contributed by atoms with Crippen LogP contribution in [-0.2, 0) is 15.9 Å². The van der Waals surface area contributed by atoms with Gasteiger partial charge in [-0.25, -0.2) is 4.79 Å². The quantitative estimate of drug-likeness (QED) is 0.831. The van der Waals surface area contributed by atoms with Crippen molar-refractivity contribution < 1.29 is 14.3 Å². The van der Waals surface area contributed by atoms with Crippen LogP contribution >= 0.6 is 0 Å². The number of amides is 1. The monoisotopic (exact) mass is 305 g/mol. The first-order valence-corrected chi connectivity index (χ1v) is 7.80. The van der Waals surface area contributed by atoms with Crippen LogP contribution in [0.1, 0.15) is 45.7 Å². The summed E-state index contributed by atoms with van der Waals surface area (Å²) >= 11 is 0. The highest BCUT2D eigenvalue weighted by molar-refractivity contribution is 5.69. The standard InChI is InChI=1S/C18H27NO3/c1-13-7-9-14(10-8-13)11-15-12-21-18(5,6)19(15)16(20)22-17(2,3)4/h7-10,15H,11-12H2,1-6H3. The predicted octanol–water partition coefficient (Wildman–Crippen LogP) is 3.91. The molecule has 2 rings (SSSR count). The van der Waals surface area contributed by atoms with Crippen LogP contribution in [0, 0.1) is 6.92 Å². The molecule has 1 aliphatic heterocycles. The lowest BCUT2D eigenvalue weighted by molar-refractivity contribution is -0.0624. The van der Waals surface area contributed by atoms with E-state index in [4.69, 9.17) is 9.47 Å². The van der Waals surface area contributed by atoms with Crippen LogP contribution in [0.5, 0.6) is 0 Å². The van der Waals surface area contributed by atoms with Gasteiger partial charge in [0.05, 0.1) is 12.6 Å². The number of carbonyl (C=O) groups is 1. The smallest absolute Gasteiger partial charge is 0.412 e. The molecule has 1 fully saturated rings. The summed E-state index contributed by atoms with van der Waals surface area (Å²) in [6.07, 6.45) is 0.454. The lowest BCUT2D eigenvalue weighted by Gasteiger charge is -2.35. The van der Waals surface area contributed by atoms with Gasteiger partial charge in [-0.2, -0.15) is 0 Å². The van der Waals surface area contributed by atoms with Gasteiger partial charge in [-0.3, -0.25) is 4.90 Å². The number of aryl methyl sites for hydroxylation is 1. The minimum Gasteiger partial charge on any atom is -0.444 e. The summed E-state index contributed by atoms with van der Waals surface area (Å²) < 4.78 is 11.4. The van der Waals surface area contributed by atoms with Crippen molar-refractivity contribution in [2.24, 2.45) is 0 Å². The molecule has 4 nitrogen and oxygen atoms in total. The minimum atomic E-state index is -0.641. The van der Waals surface area contributed by atoms with Gasteiger partial charge in [-0.05, 0) is 53.5 Å². The number of rotatable bonds is 2. The molecule has 1 heterocycles. The van der Waals surface area contributed by atoms with E-state index in [1.165, 1.54) is 11.1 Å². The zero-order valence-corrected chi connectivity index (χ0v) is 14.5. The van der Waals surface area contributed by atoms with Crippen LogP contribution in [0.4, 0.5) is 4.79 Å². The van der Waals surface area contributed by atoms with Crippen molar-refractivity contribution in [2.45, 2.75) is 65.3 Å². The Bertz CT molecular complexity index is 528. The molecule has 1 amide bonds. The fraction of sp³-hybridized carbons (Fsp3) is 0.611. The highest BCUT2D eigenvalue weighted by Crippen LogP contribution is 2.31. The maximum atomic E-state index is 12.6. The second-order valence-corrected chi connectivity index (χ2v) is 7.45. The van der Waals surface area contributed by atoms with Gasteiger partial charge < -0.3 is 9.47 Å². The van der Waals surface area contributed by atoms with Gasteiger partial charge in [0, 0.05) is 0 Å². The SMILES string of the molecule is Cc1ccc(CC2COC(C)(C)N2C(=O)OC(C)(C)C)cc1. The van der Waals surface area contributed by atoms with E-state index in [0.717, 1.165) is 6.42 Å². The second kappa shape index (κ2) is 5.92. The van der Waals surface area contributed by atoms with Crippen LogP contribution in [0.2, 0.25) is 0 Å². The van der Waals surface area contributed by atoms with Crippen molar-refractivity contribution in [3.05, 3.63) is 35.4 Å². The van der Waals surface area contributed by atoms with Gasteiger partial charge in [0.2, 0.25) is 0 Å². The van der Waals surface area contributed by atoms with E-state index < -0.39 is 11.3 Å². The minimum absolute atomic E-state index is 0.00689. The van der Waals surface area contributed by atoms with Crippen molar-refractivity contribution in [3.8, 4) is 0 Å². The Morgan fingerprint density at radius 3 is 2.45 bits per heavy atom. The molecule has 4 heteroatoms. The Labute approximate surface area is 133 Å². The Morgan fingerprint density at radius 1 is 1.32 bits per heavy atom. The van der Waals surface area contributed by atoms with E-state index in [1.807, 2.05) is 34.6 Å². The molecule has 0 aromatic heterocycles. The fourth-order valence-corrected chi connectivity index (χ4v) is 2.71. The maximum absolute atomic E-state index is 12.6. The molecular formula is C18H27NO3. The summed E-state index contributed by atoms with van der Waals surface area (Å²) in [5, 5.41) is 0. The number of ether oxygens (including phenoxy) is 2. The highest BCUT2D eigenvalue weighted by atomic mass is 16.6.